The van der Waals surface area contributed by atoms with Crippen LogP contribution in [0.5, 0.6) is 0 Å². The summed E-state index contributed by atoms with van der Waals surface area (Å²) in [4.78, 5) is 28.0. The third-order valence-corrected chi connectivity index (χ3v) is 5.30. The van der Waals surface area contributed by atoms with E-state index in [4.69, 9.17) is 0 Å². The van der Waals surface area contributed by atoms with E-state index in [1.165, 1.54) is 0 Å². The molecule has 0 spiro atoms. The molecule has 2 fully saturated rings. The van der Waals surface area contributed by atoms with E-state index < -0.39 is 0 Å². The fourth-order valence-corrected chi connectivity index (χ4v) is 3.79. The first-order chi connectivity index (χ1) is 13.2. The van der Waals surface area contributed by atoms with E-state index in [0.717, 1.165) is 69.6 Å². The monoisotopic (exact) mass is 367 g/mol. The molecule has 0 aliphatic carbocycles. The van der Waals surface area contributed by atoms with Crippen LogP contribution in [0.25, 0.3) is 0 Å². The summed E-state index contributed by atoms with van der Waals surface area (Å²) in [5, 5.41) is 8.43. The molecule has 0 saturated carbocycles. The van der Waals surface area contributed by atoms with Crippen molar-refractivity contribution in [2.45, 2.75) is 19.8 Å². The van der Waals surface area contributed by atoms with E-state index in [-0.39, 0.29) is 11.8 Å². The van der Waals surface area contributed by atoms with Crippen molar-refractivity contribution in [3.05, 3.63) is 36.3 Å². The quantitative estimate of drug-likeness (QED) is 0.805. The normalized spacial score (nSPS) is 20.6. The zero-order chi connectivity index (χ0) is 18.6. The number of piperazine rings is 1. The molecule has 0 aromatic carbocycles. The minimum absolute atomic E-state index is 0.0291. The van der Waals surface area contributed by atoms with Crippen LogP contribution in [-0.2, 0) is 4.79 Å². The Kier molecular flexibility index (Phi) is 5.13. The number of hydrogen-bond donors (Lipinski definition) is 0. The van der Waals surface area contributed by atoms with Gasteiger partial charge in [-0.2, -0.15) is 5.10 Å². The van der Waals surface area contributed by atoms with Crippen LogP contribution in [-0.4, -0.2) is 70.2 Å². The molecule has 2 aliphatic heterocycles. The minimum Gasteiger partial charge on any atom is -0.354 e. The SMILES string of the molecule is Cc1ccc(N2CCCC(C(=O)N3CCN(c4ncccn4)CC3)C2)nn1. The Bertz CT molecular complexity index is 759. The van der Waals surface area contributed by atoms with E-state index in [2.05, 4.69) is 30.0 Å². The van der Waals surface area contributed by atoms with Crippen LogP contribution in [0.1, 0.15) is 18.5 Å². The number of rotatable bonds is 3. The molecule has 1 atom stereocenters. The number of nitrogens with zero attached hydrogens (tertiary/aromatic N) is 7. The van der Waals surface area contributed by atoms with Gasteiger partial charge in [-0.3, -0.25) is 4.79 Å². The van der Waals surface area contributed by atoms with Gasteiger partial charge in [-0.15, -0.1) is 5.10 Å². The molecule has 4 rings (SSSR count). The van der Waals surface area contributed by atoms with Crippen LogP contribution in [0, 0.1) is 12.8 Å². The van der Waals surface area contributed by atoms with Gasteiger partial charge in [0.1, 0.15) is 0 Å². The number of amides is 1. The van der Waals surface area contributed by atoms with E-state index in [1.54, 1.807) is 12.4 Å². The first-order valence-corrected chi connectivity index (χ1v) is 9.57. The van der Waals surface area contributed by atoms with E-state index in [9.17, 15) is 4.79 Å². The molecule has 2 saturated heterocycles. The predicted molar refractivity (Wildman–Crippen MR) is 103 cm³/mol. The average Bonchev–Trinajstić information content (AvgIpc) is 2.75. The lowest BCUT2D eigenvalue weighted by atomic mass is 9.96. The first-order valence-electron chi connectivity index (χ1n) is 9.57. The van der Waals surface area contributed by atoms with Crippen LogP contribution in [0.15, 0.2) is 30.6 Å². The summed E-state index contributed by atoms with van der Waals surface area (Å²) in [6.45, 7) is 6.57. The summed E-state index contributed by atoms with van der Waals surface area (Å²) in [6, 6.07) is 5.78. The maximum absolute atomic E-state index is 13.0. The number of carbonyl (C=O) groups is 1. The van der Waals surface area contributed by atoms with Crippen LogP contribution in [0.4, 0.5) is 11.8 Å². The van der Waals surface area contributed by atoms with Gasteiger partial charge in [-0.25, -0.2) is 9.97 Å². The summed E-state index contributed by atoms with van der Waals surface area (Å²) >= 11 is 0. The topological polar surface area (TPSA) is 78.4 Å². The standard InChI is InChI=1S/C19H25N7O/c1-15-5-6-17(23-22-15)26-9-2-4-16(14-26)18(27)24-10-12-25(13-11-24)19-20-7-3-8-21-19/h3,5-8,16H,2,4,9-14H2,1H3. The molecular formula is C19H25N7O. The highest BCUT2D eigenvalue weighted by atomic mass is 16.2. The summed E-state index contributed by atoms with van der Waals surface area (Å²) in [5.74, 6) is 1.89. The zero-order valence-corrected chi connectivity index (χ0v) is 15.7. The first kappa shape index (κ1) is 17.6. The predicted octanol–water partition coefficient (Wildman–Crippen LogP) is 1.14. The molecule has 142 valence electrons. The Morgan fingerprint density at radius 2 is 1.78 bits per heavy atom. The number of aromatic nitrogens is 4. The second-order valence-corrected chi connectivity index (χ2v) is 7.18. The highest BCUT2D eigenvalue weighted by molar-refractivity contribution is 5.80. The lowest BCUT2D eigenvalue weighted by molar-refractivity contribution is -0.136. The average molecular weight is 367 g/mol. The Labute approximate surface area is 159 Å². The van der Waals surface area contributed by atoms with Crippen LogP contribution < -0.4 is 9.80 Å². The Hall–Kier alpha value is -2.77. The largest absolute Gasteiger partial charge is 0.354 e. The van der Waals surface area contributed by atoms with Gasteiger partial charge < -0.3 is 14.7 Å². The molecule has 2 aromatic rings. The molecule has 0 bridgehead atoms. The molecule has 8 heteroatoms. The van der Waals surface area contributed by atoms with Crippen LogP contribution in [0.2, 0.25) is 0 Å². The van der Waals surface area contributed by atoms with Gasteiger partial charge in [0.05, 0.1) is 11.6 Å². The molecule has 0 radical (unpaired) electrons. The number of aryl methyl sites for hydroxylation is 1. The molecule has 27 heavy (non-hydrogen) atoms. The van der Waals surface area contributed by atoms with Crippen LogP contribution >= 0.6 is 0 Å². The molecule has 1 unspecified atom stereocenters. The van der Waals surface area contributed by atoms with Gasteiger partial charge in [0.2, 0.25) is 11.9 Å². The zero-order valence-electron chi connectivity index (χ0n) is 15.7. The Balaban J connectivity index is 1.35. The number of piperidine rings is 1. The van der Waals surface area contributed by atoms with E-state index >= 15 is 0 Å². The molecule has 0 N–H and O–H groups in total. The van der Waals surface area contributed by atoms with E-state index in [0.29, 0.717) is 0 Å². The number of anilines is 2. The summed E-state index contributed by atoms with van der Waals surface area (Å²) in [5.41, 5.74) is 0.906. The maximum atomic E-state index is 13.0. The number of carbonyl (C=O) groups excluding carboxylic acids is 1. The van der Waals surface area contributed by atoms with Gasteiger partial charge in [0, 0.05) is 51.7 Å². The van der Waals surface area contributed by atoms with Crippen molar-refractivity contribution in [2.75, 3.05) is 49.1 Å². The minimum atomic E-state index is 0.0291. The van der Waals surface area contributed by atoms with Crippen LogP contribution in [0.3, 0.4) is 0 Å². The third kappa shape index (κ3) is 3.99. The van der Waals surface area contributed by atoms with Gasteiger partial charge in [0.25, 0.3) is 0 Å². The van der Waals surface area contributed by atoms with Crippen molar-refractivity contribution in [1.29, 1.82) is 0 Å². The van der Waals surface area contributed by atoms with Gasteiger partial charge in [-0.1, -0.05) is 0 Å². The fraction of sp³-hybridized carbons (Fsp3) is 0.526. The van der Waals surface area contributed by atoms with Gasteiger partial charge in [-0.05, 0) is 38.0 Å². The molecule has 1 amide bonds. The van der Waals surface area contributed by atoms with Crippen molar-refractivity contribution < 1.29 is 4.79 Å². The lowest BCUT2D eigenvalue weighted by Crippen LogP contribution is -2.53. The fourth-order valence-electron chi connectivity index (χ4n) is 3.79. The molecule has 2 aliphatic rings. The highest BCUT2D eigenvalue weighted by Crippen LogP contribution is 2.23. The smallest absolute Gasteiger partial charge is 0.227 e. The van der Waals surface area contributed by atoms with Crippen molar-refractivity contribution in [3.8, 4) is 0 Å². The third-order valence-electron chi connectivity index (χ3n) is 5.30. The van der Waals surface area contributed by atoms with Crippen molar-refractivity contribution in [2.24, 2.45) is 5.92 Å². The second-order valence-electron chi connectivity index (χ2n) is 7.18. The Morgan fingerprint density at radius 3 is 2.48 bits per heavy atom. The molecular weight excluding hydrogens is 342 g/mol. The maximum Gasteiger partial charge on any atom is 0.227 e. The second kappa shape index (κ2) is 7.85. The lowest BCUT2D eigenvalue weighted by Gasteiger charge is -2.39. The van der Waals surface area contributed by atoms with Gasteiger partial charge in [0.15, 0.2) is 5.82 Å². The van der Waals surface area contributed by atoms with Crippen molar-refractivity contribution in [3.63, 3.8) is 0 Å². The molecule has 8 nitrogen and oxygen atoms in total. The van der Waals surface area contributed by atoms with Crippen molar-refractivity contribution >= 4 is 17.7 Å². The molecule has 4 heterocycles. The Morgan fingerprint density at radius 1 is 1.00 bits per heavy atom. The number of hydrogen-bond acceptors (Lipinski definition) is 7. The summed E-state index contributed by atoms with van der Waals surface area (Å²) < 4.78 is 0. The summed E-state index contributed by atoms with van der Waals surface area (Å²) in [7, 11) is 0. The van der Waals surface area contributed by atoms with Gasteiger partial charge >= 0.3 is 0 Å². The summed E-state index contributed by atoms with van der Waals surface area (Å²) in [6.07, 6.45) is 5.45. The van der Waals surface area contributed by atoms with E-state index in [1.807, 2.05) is 30.0 Å². The van der Waals surface area contributed by atoms with Crippen molar-refractivity contribution in [1.82, 2.24) is 25.1 Å². The molecule has 2 aromatic heterocycles. The highest BCUT2D eigenvalue weighted by Gasteiger charge is 2.31.